The molecular weight excluding hydrogens is 815 g/mol. The fraction of sp³-hybridized carbons (Fsp3) is 0.146. The smallest absolute Gasteiger partial charge is 0.326 e. The molecule has 61 heavy (non-hydrogen) atoms. The Hall–Kier alpha value is -7.13. The first kappa shape index (κ1) is 40.6. The Balaban J connectivity index is 0.996. The number of nitrogens with one attached hydrogen (secondary N) is 2. The highest BCUT2D eigenvalue weighted by Gasteiger charge is 2.39. The molecule has 0 spiro atoms. The Morgan fingerprint density at radius 3 is 2.20 bits per heavy atom. The SMILES string of the molecule is N#Cc1ccc(-c2ccc(CC(NC(=O)[C@@H]3Cc4cc5c(cc4CN3C(=O)c3ccccc3)O[C@@H](c3ccc(OCc4c(Cl)cccc4Cl)cc3)C(=O)N5)C(=O)O)cc2)cc1. The molecule has 6 aromatic rings. The van der Waals surface area contributed by atoms with Crippen LogP contribution in [0.2, 0.25) is 10.0 Å². The number of nitrogens with zero attached hydrogens (tertiary/aromatic N) is 2. The van der Waals surface area contributed by atoms with Gasteiger partial charge in [0.2, 0.25) is 12.0 Å². The predicted octanol–water partition coefficient (Wildman–Crippen LogP) is 8.56. The Labute approximate surface area is 361 Å². The summed E-state index contributed by atoms with van der Waals surface area (Å²) in [6.07, 6.45) is -0.934. The van der Waals surface area contributed by atoms with Crippen LogP contribution in [0.1, 0.15) is 49.8 Å². The molecule has 11 nitrogen and oxygen atoms in total. The van der Waals surface area contributed by atoms with Crippen molar-refractivity contribution in [3.63, 3.8) is 0 Å². The van der Waals surface area contributed by atoms with Crippen molar-refractivity contribution in [3.05, 3.63) is 182 Å². The Morgan fingerprint density at radius 1 is 0.869 bits per heavy atom. The number of halogens is 2. The molecule has 3 N–H and O–H groups in total. The van der Waals surface area contributed by atoms with E-state index in [0.717, 1.165) is 11.1 Å². The van der Waals surface area contributed by atoms with Crippen molar-refractivity contribution < 1.29 is 33.8 Å². The standard InChI is InChI=1S/C48H36Cl2N4O7/c49-38-7-4-8-39(50)37(38)27-60-36-19-17-32(18-20-36)44-46(56)52-40-22-34-23-42(54(26-35(34)24-43(40)61-44)47(57)33-5-2-1-3-6-33)45(55)53-41(48(58)59)21-28-9-13-30(14-10-28)31-15-11-29(25-51)12-16-31/h1-20,22,24,41-42,44H,21,23,26-27H2,(H,52,56)(H,53,55)(H,58,59)/t41?,42-,44-/m0/s1. The summed E-state index contributed by atoms with van der Waals surface area (Å²) in [5.74, 6) is -1.73. The number of carbonyl (C=O) groups is 4. The fourth-order valence-electron chi connectivity index (χ4n) is 7.44. The minimum Gasteiger partial charge on any atom is -0.489 e. The zero-order valence-electron chi connectivity index (χ0n) is 32.3. The number of carboxylic acids is 1. The molecule has 2 heterocycles. The summed E-state index contributed by atoms with van der Waals surface area (Å²) >= 11 is 12.6. The van der Waals surface area contributed by atoms with Crippen LogP contribution in [0.5, 0.6) is 11.5 Å². The normalized spacial score (nSPS) is 15.8. The van der Waals surface area contributed by atoms with E-state index in [0.29, 0.717) is 66.2 Å². The summed E-state index contributed by atoms with van der Waals surface area (Å²) in [4.78, 5) is 55.7. The quantitative estimate of drug-likeness (QED) is 0.117. The summed E-state index contributed by atoms with van der Waals surface area (Å²) in [7, 11) is 0. The largest absolute Gasteiger partial charge is 0.489 e. The van der Waals surface area contributed by atoms with E-state index in [1.807, 2.05) is 24.3 Å². The first-order valence-electron chi connectivity index (χ1n) is 19.3. The number of hydrogen-bond donors (Lipinski definition) is 3. The van der Waals surface area contributed by atoms with Gasteiger partial charge in [0.05, 0.1) is 17.3 Å². The summed E-state index contributed by atoms with van der Waals surface area (Å²) in [6.45, 7) is 0.174. The van der Waals surface area contributed by atoms with Crippen molar-refractivity contribution in [1.82, 2.24) is 10.2 Å². The number of amides is 3. The van der Waals surface area contributed by atoms with Crippen LogP contribution in [0.25, 0.3) is 11.1 Å². The van der Waals surface area contributed by atoms with Crippen molar-refractivity contribution >= 4 is 52.6 Å². The van der Waals surface area contributed by atoms with E-state index in [1.165, 1.54) is 4.90 Å². The third-order valence-electron chi connectivity index (χ3n) is 10.7. The van der Waals surface area contributed by atoms with E-state index >= 15 is 0 Å². The van der Waals surface area contributed by atoms with E-state index in [2.05, 4.69) is 16.7 Å². The summed E-state index contributed by atoms with van der Waals surface area (Å²) < 4.78 is 12.2. The van der Waals surface area contributed by atoms with Gasteiger partial charge in [-0.2, -0.15) is 5.26 Å². The van der Waals surface area contributed by atoms with Gasteiger partial charge in [-0.3, -0.25) is 14.4 Å². The van der Waals surface area contributed by atoms with Crippen LogP contribution in [0.3, 0.4) is 0 Å². The van der Waals surface area contributed by atoms with Crippen molar-refractivity contribution in [3.8, 4) is 28.7 Å². The number of ether oxygens (including phenoxy) is 2. The van der Waals surface area contributed by atoms with Crippen molar-refractivity contribution in [2.75, 3.05) is 5.32 Å². The van der Waals surface area contributed by atoms with E-state index in [9.17, 15) is 24.3 Å². The van der Waals surface area contributed by atoms with Gasteiger partial charge in [0.15, 0.2) is 0 Å². The van der Waals surface area contributed by atoms with Crippen LogP contribution < -0.4 is 20.1 Å². The Morgan fingerprint density at radius 2 is 1.54 bits per heavy atom. The molecule has 0 saturated carbocycles. The molecule has 0 fully saturated rings. The number of nitriles is 1. The molecule has 8 rings (SSSR count). The average molecular weight is 852 g/mol. The van der Waals surface area contributed by atoms with E-state index < -0.39 is 41.9 Å². The fourth-order valence-corrected chi connectivity index (χ4v) is 7.95. The molecule has 6 aromatic carbocycles. The molecular formula is C48H36Cl2N4O7. The second-order valence-electron chi connectivity index (χ2n) is 14.7. The lowest BCUT2D eigenvalue weighted by atomic mass is 9.91. The molecule has 0 radical (unpaired) electrons. The molecule has 13 heteroatoms. The second kappa shape index (κ2) is 17.6. The molecule has 3 atom stereocenters. The molecule has 1 unspecified atom stereocenters. The third kappa shape index (κ3) is 8.92. The van der Waals surface area contributed by atoms with Gasteiger partial charge < -0.3 is 30.1 Å². The minimum atomic E-state index is -1.29. The molecule has 3 amide bonds. The summed E-state index contributed by atoms with van der Waals surface area (Å²) in [6, 6.07) is 38.4. The van der Waals surface area contributed by atoms with Crippen LogP contribution >= 0.6 is 23.2 Å². The maximum atomic E-state index is 14.2. The minimum absolute atomic E-state index is 0.00408. The lowest BCUT2D eigenvalue weighted by Gasteiger charge is -2.37. The van der Waals surface area contributed by atoms with Gasteiger partial charge in [0.1, 0.15) is 30.2 Å². The molecule has 2 aliphatic heterocycles. The van der Waals surface area contributed by atoms with E-state index in [1.54, 1.807) is 109 Å². The van der Waals surface area contributed by atoms with Gasteiger partial charge in [-0.05, 0) is 88.5 Å². The van der Waals surface area contributed by atoms with Crippen LogP contribution in [0, 0.1) is 11.3 Å². The highest BCUT2D eigenvalue weighted by atomic mass is 35.5. The first-order valence-corrected chi connectivity index (χ1v) is 20.1. The number of anilines is 1. The van der Waals surface area contributed by atoms with E-state index in [-0.39, 0.29) is 26.0 Å². The zero-order valence-corrected chi connectivity index (χ0v) is 33.8. The molecule has 0 aliphatic carbocycles. The third-order valence-corrected chi connectivity index (χ3v) is 11.4. The maximum Gasteiger partial charge on any atom is 0.326 e. The van der Waals surface area contributed by atoms with Gasteiger partial charge in [-0.25, -0.2) is 4.79 Å². The van der Waals surface area contributed by atoms with Gasteiger partial charge >= 0.3 is 5.97 Å². The second-order valence-corrected chi connectivity index (χ2v) is 15.5. The van der Waals surface area contributed by atoms with Crippen LogP contribution in [-0.4, -0.2) is 45.8 Å². The van der Waals surface area contributed by atoms with Crippen LogP contribution in [0.4, 0.5) is 5.69 Å². The van der Waals surface area contributed by atoms with Gasteiger partial charge in [0.25, 0.3) is 11.8 Å². The molecule has 2 aliphatic rings. The number of carboxylic acid groups (broad SMARTS) is 1. The number of carbonyl (C=O) groups excluding carboxylic acids is 3. The van der Waals surface area contributed by atoms with Crippen molar-refractivity contribution in [1.29, 1.82) is 5.26 Å². The lowest BCUT2D eigenvalue weighted by molar-refractivity contribution is -0.142. The number of benzene rings is 6. The summed E-state index contributed by atoms with van der Waals surface area (Å²) in [5.41, 5.74) is 6.43. The number of aliphatic carboxylic acids is 1. The monoisotopic (exact) mass is 850 g/mol. The van der Waals surface area contributed by atoms with Crippen molar-refractivity contribution in [2.45, 2.75) is 44.2 Å². The highest BCUT2D eigenvalue weighted by Crippen LogP contribution is 2.40. The Kier molecular flexibility index (Phi) is 11.7. The zero-order chi connectivity index (χ0) is 42.6. The molecule has 0 saturated heterocycles. The molecule has 0 aromatic heterocycles. The Bertz CT molecular complexity index is 2670. The predicted molar refractivity (Wildman–Crippen MR) is 229 cm³/mol. The number of fused-ring (bicyclic) bond motifs is 2. The molecule has 0 bridgehead atoms. The van der Waals surface area contributed by atoms with Gasteiger partial charge in [-0.1, -0.05) is 96.0 Å². The topological polar surface area (TPSA) is 158 Å². The number of hydrogen-bond acceptors (Lipinski definition) is 7. The summed E-state index contributed by atoms with van der Waals surface area (Å²) in [5, 5.41) is 26.0. The van der Waals surface area contributed by atoms with Gasteiger partial charge in [-0.15, -0.1) is 0 Å². The van der Waals surface area contributed by atoms with Crippen LogP contribution in [-0.2, 0) is 40.4 Å². The lowest BCUT2D eigenvalue weighted by Crippen LogP contribution is -2.56. The first-order chi connectivity index (χ1) is 29.5. The average Bonchev–Trinajstić information content (AvgIpc) is 3.28. The van der Waals surface area contributed by atoms with Gasteiger partial charge in [0, 0.05) is 46.1 Å². The molecule has 304 valence electrons. The van der Waals surface area contributed by atoms with Crippen molar-refractivity contribution in [2.24, 2.45) is 0 Å². The number of rotatable bonds is 11. The highest BCUT2D eigenvalue weighted by molar-refractivity contribution is 6.36. The van der Waals surface area contributed by atoms with E-state index in [4.69, 9.17) is 37.9 Å². The van der Waals surface area contributed by atoms with Crippen LogP contribution in [0.15, 0.2) is 133 Å². The maximum absolute atomic E-state index is 14.2.